The van der Waals surface area contributed by atoms with Gasteiger partial charge in [-0.25, -0.2) is 4.57 Å². The lowest BCUT2D eigenvalue weighted by molar-refractivity contribution is -0.676. The SMILES string of the molecule is CC[n+]1ccsc1N=Nc1ccc2c(c1)CCCN2C. The van der Waals surface area contributed by atoms with Gasteiger partial charge in [-0.2, -0.15) is 0 Å². The average Bonchev–Trinajstić information content (AvgIpc) is 2.92. The van der Waals surface area contributed by atoms with Crippen LogP contribution in [0.5, 0.6) is 0 Å². The van der Waals surface area contributed by atoms with E-state index in [0.717, 1.165) is 30.3 Å². The third-order valence-corrected chi connectivity index (χ3v) is 4.45. The average molecular weight is 287 g/mol. The first kappa shape index (κ1) is 13.2. The van der Waals surface area contributed by atoms with Crippen molar-refractivity contribution in [3.8, 4) is 0 Å². The molecule has 0 unspecified atom stereocenters. The van der Waals surface area contributed by atoms with E-state index in [0.29, 0.717) is 0 Å². The first-order valence-corrected chi connectivity index (χ1v) is 7.88. The molecule has 5 heteroatoms. The molecule has 0 spiro atoms. The van der Waals surface area contributed by atoms with Crippen molar-refractivity contribution in [2.75, 3.05) is 18.5 Å². The van der Waals surface area contributed by atoms with Gasteiger partial charge in [-0.15, -0.1) is 0 Å². The molecule has 0 amide bonds. The zero-order valence-electron chi connectivity index (χ0n) is 11.9. The van der Waals surface area contributed by atoms with Gasteiger partial charge < -0.3 is 4.90 Å². The normalized spacial score (nSPS) is 14.8. The lowest BCUT2D eigenvalue weighted by Gasteiger charge is -2.27. The number of hydrogen-bond donors (Lipinski definition) is 0. The minimum Gasteiger partial charge on any atom is -0.374 e. The van der Waals surface area contributed by atoms with E-state index in [4.69, 9.17) is 0 Å². The first-order valence-electron chi connectivity index (χ1n) is 7.00. The van der Waals surface area contributed by atoms with Crippen LogP contribution in [0.15, 0.2) is 40.0 Å². The number of hydrogen-bond acceptors (Lipinski definition) is 4. The molecule has 0 saturated heterocycles. The van der Waals surface area contributed by atoms with Crippen molar-refractivity contribution < 1.29 is 4.57 Å². The number of fused-ring (bicyclic) bond motifs is 1. The third kappa shape index (κ3) is 2.58. The monoisotopic (exact) mass is 287 g/mol. The first-order chi connectivity index (χ1) is 9.78. The van der Waals surface area contributed by atoms with E-state index >= 15 is 0 Å². The fraction of sp³-hybridized carbons (Fsp3) is 0.400. The number of rotatable bonds is 3. The minimum atomic E-state index is 0.923. The fourth-order valence-corrected chi connectivity index (χ4v) is 3.30. The van der Waals surface area contributed by atoms with E-state index in [1.165, 1.54) is 17.7 Å². The Morgan fingerprint density at radius 2 is 2.25 bits per heavy atom. The number of aryl methyl sites for hydroxylation is 2. The Kier molecular flexibility index (Phi) is 3.78. The summed E-state index contributed by atoms with van der Waals surface area (Å²) in [5.41, 5.74) is 3.65. The number of anilines is 1. The molecule has 0 radical (unpaired) electrons. The molecular formula is C15H19N4S+. The van der Waals surface area contributed by atoms with E-state index in [2.05, 4.69) is 45.8 Å². The Hall–Kier alpha value is -1.75. The van der Waals surface area contributed by atoms with Crippen molar-refractivity contribution in [1.82, 2.24) is 0 Å². The summed E-state index contributed by atoms with van der Waals surface area (Å²) in [6.07, 6.45) is 4.39. The van der Waals surface area contributed by atoms with Crippen LogP contribution in [-0.2, 0) is 13.0 Å². The topological polar surface area (TPSA) is 31.8 Å². The van der Waals surface area contributed by atoms with Crippen LogP contribution in [0, 0.1) is 0 Å². The smallest absolute Gasteiger partial charge is 0.374 e. The van der Waals surface area contributed by atoms with Crippen LogP contribution in [0.2, 0.25) is 0 Å². The van der Waals surface area contributed by atoms with Gasteiger partial charge in [0.25, 0.3) is 0 Å². The molecule has 2 heterocycles. The second-order valence-corrected chi connectivity index (χ2v) is 5.88. The molecule has 2 aromatic rings. The molecule has 3 rings (SSSR count). The maximum Gasteiger partial charge on any atom is 0.408 e. The van der Waals surface area contributed by atoms with Crippen molar-refractivity contribution in [2.24, 2.45) is 10.2 Å². The second-order valence-electron chi connectivity index (χ2n) is 5.01. The van der Waals surface area contributed by atoms with Gasteiger partial charge in [0.05, 0.1) is 11.7 Å². The molecule has 1 aliphatic rings. The summed E-state index contributed by atoms with van der Waals surface area (Å²) in [4.78, 5) is 2.31. The van der Waals surface area contributed by atoms with Gasteiger partial charge in [0.15, 0.2) is 0 Å². The standard InChI is InChI=1S/C15H19N4S/c1-3-19-9-10-20-15(19)17-16-13-6-7-14-12(11-13)5-4-8-18(14)2/h6-7,9-11H,3-5,8H2,1-2H3/q+1. The lowest BCUT2D eigenvalue weighted by atomic mass is 10.0. The molecule has 0 N–H and O–H groups in total. The fourth-order valence-electron chi connectivity index (χ4n) is 2.55. The maximum atomic E-state index is 4.39. The Morgan fingerprint density at radius 3 is 3.10 bits per heavy atom. The molecule has 4 nitrogen and oxygen atoms in total. The van der Waals surface area contributed by atoms with Gasteiger partial charge in [0, 0.05) is 24.7 Å². The number of benzene rings is 1. The van der Waals surface area contributed by atoms with Crippen LogP contribution in [0.1, 0.15) is 18.9 Å². The summed E-state index contributed by atoms with van der Waals surface area (Å²) in [6.45, 7) is 4.17. The van der Waals surface area contributed by atoms with Crippen LogP contribution < -0.4 is 9.47 Å². The van der Waals surface area contributed by atoms with Crippen LogP contribution in [-0.4, -0.2) is 13.6 Å². The second kappa shape index (κ2) is 5.71. The van der Waals surface area contributed by atoms with Crippen LogP contribution in [0.4, 0.5) is 16.5 Å². The predicted molar refractivity (Wildman–Crippen MR) is 82.4 cm³/mol. The van der Waals surface area contributed by atoms with E-state index in [9.17, 15) is 0 Å². The van der Waals surface area contributed by atoms with Gasteiger partial charge in [-0.05, 0) is 60.0 Å². The van der Waals surface area contributed by atoms with Gasteiger partial charge in [-0.1, -0.05) is 0 Å². The summed E-state index contributed by atoms with van der Waals surface area (Å²) in [6, 6.07) is 6.37. The number of aromatic nitrogens is 1. The van der Waals surface area contributed by atoms with E-state index < -0.39 is 0 Å². The van der Waals surface area contributed by atoms with Crippen LogP contribution in [0.25, 0.3) is 0 Å². The zero-order valence-corrected chi connectivity index (χ0v) is 12.7. The van der Waals surface area contributed by atoms with Crippen molar-refractivity contribution in [3.05, 3.63) is 35.3 Å². The molecule has 0 bridgehead atoms. The third-order valence-electron chi connectivity index (χ3n) is 3.67. The summed E-state index contributed by atoms with van der Waals surface area (Å²) in [5, 5.41) is 11.7. The quantitative estimate of drug-likeness (QED) is 0.623. The van der Waals surface area contributed by atoms with E-state index in [-0.39, 0.29) is 0 Å². The van der Waals surface area contributed by atoms with Crippen LogP contribution >= 0.6 is 11.3 Å². The van der Waals surface area contributed by atoms with Crippen molar-refractivity contribution in [2.45, 2.75) is 26.3 Å². The predicted octanol–water partition coefficient (Wildman–Crippen LogP) is 3.85. The highest BCUT2D eigenvalue weighted by atomic mass is 32.1. The maximum absolute atomic E-state index is 4.39. The van der Waals surface area contributed by atoms with Crippen LogP contribution in [0.3, 0.4) is 0 Å². The molecule has 0 aliphatic carbocycles. The number of azo groups is 1. The molecule has 0 saturated carbocycles. The summed E-state index contributed by atoms with van der Waals surface area (Å²) in [5.74, 6) is 0. The lowest BCUT2D eigenvalue weighted by Crippen LogP contribution is -2.28. The molecular weight excluding hydrogens is 268 g/mol. The zero-order chi connectivity index (χ0) is 13.9. The van der Waals surface area contributed by atoms with Gasteiger partial charge >= 0.3 is 5.13 Å². The van der Waals surface area contributed by atoms with Crippen molar-refractivity contribution >= 4 is 27.8 Å². The van der Waals surface area contributed by atoms with Crippen molar-refractivity contribution in [3.63, 3.8) is 0 Å². The molecule has 1 aromatic heterocycles. The Balaban J connectivity index is 1.85. The van der Waals surface area contributed by atoms with Gasteiger partial charge in [0.2, 0.25) is 0 Å². The minimum absolute atomic E-state index is 0.923. The highest BCUT2D eigenvalue weighted by Gasteiger charge is 2.14. The Morgan fingerprint density at radius 1 is 1.35 bits per heavy atom. The van der Waals surface area contributed by atoms with Gasteiger partial charge in [0.1, 0.15) is 11.9 Å². The summed E-state index contributed by atoms with van der Waals surface area (Å²) in [7, 11) is 2.15. The molecule has 0 fully saturated rings. The number of thiazole rings is 1. The molecule has 0 atom stereocenters. The number of nitrogens with zero attached hydrogens (tertiary/aromatic N) is 4. The molecule has 104 valence electrons. The largest absolute Gasteiger partial charge is 0.408 e. The van der Waals surface area contributed by atoms with E-state index in [1.807, 2.05) is 17.6 Å². The summed E-state index contributed by atoms with van der Waals surface area (Å²) >= 11 is 1.62. The van der Waals surface area contributed by atoms with Crippen molar-refractivity contribution in [1.29, 1.82) is 0 Å². The van der Waals surface area contributed by atoms with E-state index in [1.54, 1.807) is 11.3 Å². The summed E-state index contributed by atoms with van der Waals surface area (Å²) < 4.78 is 2.10. The Bertz CT molecular complexity index is 633. The Labute approximate surface area is 123 Å². The highest BCUT2D eigenvalue weighted by Crippen LogP contribution is 2.30. The molecule has 20 heavy (non-hydrogen) atoms. The van der Waals surface area contributed by atoms with Gasteiger partial charge in [-0.3, -0.25) is 0 Å². The highest BCUT2D eigenvalue weighted by molar-refractivity contribution is 7.12. The molecule has 1 aliphatic heterocycles. The molecule has 1 aromatic carbocycles.